The van der Waals surface area contributed by atoms with Gasteiger partial charge >= 0.3 is 178 Å². The Balaban J connectivity index is 1.59. The molecule has 0 aromatic carbocycles. The molecule has 7 heteroatoms. The fourth-order valence-electron chi connectivity index (χ4n) is 4.51. The molecule has 6 nitrogen and oxygen atoms in total. The topological polar surface area (TPSA) is 78.9 Å². The zero-order chi connectivity index (χ0) is 19.8. The van der Waals surface area contributed by atoms with Gasteiger partial charge in [0.2, 0.25) is 0 Å². The van der Waals surface area contributed by atoms with Crippen molar-refractivity contribution in [2.75, 3.05) is 0 Å². The van der Waals surface area contributed by atoms with Crippen LogP contribution in [0.2, 0.25) is 0 Å². The number of carbonyl (C=O) groups is 3. The van der Waals surface area contributed by atoms with Crippen LogP contribution in [0.15, 0.2) is 0 Å². The summed E-state index contributed by atoms with van der Waals surface area (Å²) in [4.78, 5) is 37.7. The average molecular weight is 590 g/mol. The van der Waals surface area contributed by atoms with Gasteiger partial charge in [0.15, 0.2) is 0 Å². The molecular formula is C21H33BiO6. The first-order chi connectivity index (χ1) is 13.6. The number of rotatable bonds is 6. The van der Waals surface area contributed by atoms with Crippen LogP contribution in [0.1, 0.15) is 96.3 Å². The van der Waals surface area contributed by atoms with Gasteiger partial charge in [-0.2, -0.15) is 0 Å². The van der Waals surface area contributed by atoms with E-state index in [0.717, 1.165) is 96.3 Å². The van der Waals surface area contributed by atoms with Crippen LogP contribution in [0.3, 0.4) is 0 Å². The Hall–Kier alpha value is -0.707. The van der Waals surface area contributed by atoms with E-state index < -0.39 is 23.1 Å². The molecule has 0 aromatic rings. The Morgan fingerprint density at radius 3 is 0.964 bits per heavy atom. The van der Waals surface area contributed by atoms with Gasteiger partial charge < -0.3 is 0 Å². The molecule has 0 unspecified atom stereocenters. The second-order valence-corrected chi connectivity index (χ2v) is 12.3. The van der Waals surface area contributed by atoms with E-state index in [1.165, 1.54) is 0 Å². The molecule has 0 atom stereocenters. The minimum atomic E-state index is -3.93. The molecule has 3 fully saturated rings. The molecule has 158 valence electrons. The van der Waals surface area contributed by atoms with Gasteiger partial charge in [0, 0.05) is 0 Å². The molecule has 0 spiro atoms. The molecule has 0 heterocycles. The number of hydrogen-bond donors (Lipinski definition) is 0. The molecule has 0 aromatic heterocycles. The van der Waals surface area contributed by atoms with Crippen molar-refractivity contribution in [3.8, 4) is 0 Å². The Morgan fingerprint density at radius 2 is 0.714 bits per heavy atom. The minimum absolute atomic E-state index is 0.145. The van der Waals surface area contributed by atoms with Crippen molar-refractivity contribution in [3.05, 3.63) is 0 Å². The van der Waals surface area contributed by atoms with Gasteiger partial charge in [-0.3, -0.25) is 0 Å². The van der Waals surface area contributed by atoms with Crippen LogP contribution in [-0.4, -0.2) is 41.0 Å². The molecule has 3 aliphatic carbocycles. The van der Waals surface area contributed by atoms with Gasteiger partial charge in [0.25, 0.3) is 0 Å². The first-order valence-corrected chi connectivity index (χ1v) is 15.3. The molecule has 0 aliphatic heterocycles. The van der Waals surface area contributed by atoms with Crippen LogP contribution >= 0.6 is 0 Å². The van der Waals surface area contributed by atoms with Crippen LogP contribution in [0.5, 0.6) is 0 Å². The van der Waals surface area contributed by atoms with Gasteiger partial charge in [0.1, 0.15) is 0 Å². The molecule has 0 N–H and O–H groups in total. The molecule has 0 radical (unpaired) electrons. The van der Waals surface area contributed by atoms with Gasteiger partial charge in [-0.05, 0) is 0 Å². The standard InChI is InChI=1S/3C7H12O2.Bi/c3*8-7(9)6-4-2-1-3-5-6;/h3*6H,1-5H2,(H,8,9);/q;;;+3/p-3. The van der Waals surface area contributed by atoms with Crippen molar-refractivity contribution in [1.82, 2.24) is 0 Å². The summed E-state index contributed by atoms with van der Waals surface area (Å²) in [5, 5.41) is 0. The Morgan fingerprint density at radius 1 is 0.464 bits per heavy atom. The third kappa shape index (κ3) is 6.67. The van der Waals surface area contributed by atoms with Crippen LogP contribution in [0, 0.1) is 17.8 Å². The maximum atomic E-state index is 12.6. The SMILES string of the molecule is O=C([O][Bi]([O]C(=O)C1CCCCC1)[O]C(=O)C1CCCCC1)C1CCCCC1. The van der Waals surface area contributed by atoms with E-state index in [2.05, 4.69) is 0 Å². The first-order valence-electron chi connectivity index (χ1n) is 11.1. The normalized spacial score (nSPS) is 22.6. The van der Waals surface area contributed by atoms with Crippen molar-refractivity contribution >= 4 is 41.0 Å². The Labute approximate surface area is 177 Å². The van der Waals surface area contributed by atoms with Crippen molar-refractivity contribution < 1.29 is 22.8 Å². The van der Waals surface area contributed by atoms with E-state index in [-0.39, 0.29) is 35.7 Å². The quantitative estimate of drug-likeness (QED) is 0.429. The maximum absolute atomic E-state index is 12.6. The second kappa shape index (κ2) is 11.5. The molecule has 0 bridgehead atoms. The zero-order valence-corrected chi connectivity index (χ0v) is 20.2. The van der Waals surface area contributed by atoms with Crippen molar-refractivity contribution in [2.24, 2.45) is 17.8 Å². The predicted molar refractivity (Wildman–Crippen MR) is 104 cm³/mol. The van der Waals surface area contributed by atoms with E-state index in [9.17, 15) is 14.4 Å². The third-order valence-corrected chi connectivity index (χ3v) is 10.1. The van der Waals surface area contributed by atoms with Crippen molar-refractivity contribution in [1.29, 1.82) is 0 Å². The molecule has 3 rings (SSSR count). The Bertz CT molecular complexity index is 457. The molecule has 0 saturated heterocycles. The van der Waals surface area contributed by atoms with Crippen LogP contribution < -0.4 is 0 Å². The average Bonchev–Trinajstić information content (AvgIpc) is 2.75. The summed E-state index contributed by atoms with van der Waals surface area (Å²) in [5.74, 6) is -1.42. The fourth-order valence-corrected chi connectivity index (χ4v) is 8.40. The van der Waals surface area contributed by atoms with E-state index in [0.29, 0.717) is 0 Å². The summed E-state index contributed by atoms with van der Waals surface area (Å²) in [7, 11) is 0. The summed E-state index contributed by atoms with van der Waals surface area (Å²) >= 11 is -3.93. The molecule has 3 saturated carbocycles. The molecular weight excluding hydrogens is 557 g/mol. The summed E-state index contributed by atoms with van der Waals surface area (Å²) in [6.07, 6.45) is 14.4. The Kier molecular flexibility index (Phi) is 9.01. The summed E-state index contributed by atoms with van der Waals surface area (Å²) in [6.45, 7) is 0. The number of carbonyl (C=O) groups excluding carboxylic acids is 3. The summed E-state index contributed by atoms with van der Waals surface area (Å²) in [6, 6.07) is 0. The van der Waals surface area contributed by atoms with Crippen LogP contribution in [0.25, 0.3) is 0 Å². The molecule has 28 heavy (non-hydrogen) atoms. The summed E-state index contributed by atoms with van der Waals surface area (Å²) < 4.78 is 16.8. The van der Waals surface area contributed by atoms with Crippen LogP contribution in [-0.2, 0) is 22.8 Å². The van der Waals surface area contributed by atoms with Gasteiger partial charge in [-0.25, -0.2) is 0 Å². The predicted octanol–water partition coefficient (Wildman–Crippen LogP) is 4.34. The van der Waals surface area contributed by atoms with Crippen molar-refractivity contribution in [2.45, 2.75) is 96.3 Å². The summed E-state index contributed by atoms with van der Waals surface area (Å²) in [5.41, 5.74) is 0. The second-order valence-electron chi connectivity index (χ2n) is 8.46. The van der Waals surface area contributed by atoms with Gasteiger partial charge in [-0.1, -0.05) is 0 Å². The first kappa shape index (κ1) is 22.0. The van der Waals surface area contributed by atoms with E-state index in [1.54, 1.807) is 0 Å². The molecule has 3 aliphatic rings. The van der Waals surface area contributed by atoms with E-state index in [1.807, 2.05) is 0 Å². The zero-order valence-electron chi connectivity index (χ0n) is 16.7. The fraction of sp³-hybridized carbons (Fsp3) is 0.857. The third-order valence-electron chi connectivity index (χ3n) is 6.31. The van der Waals surface area contributed by atoms with Gasteiger partial charge in [-0.15, -0.1) is 0 Å². The number of hydrogen-bond acceptors (Lipinski definition) is 6. The van der Waals surface area contributed by atoms with Gasteiger partial charge in [0.05, 0.1) is 0 Å². The van der Waals surface area contributed by atoms with E-state index in [4.69, 9.17) is 8.44 Å². The van der Waals surface area contributed by atoms with Crippen LogP contribution in [0.4, 0.5) is 0 Å². The molecule has 0 amide bonds. The van der Waals surface area contributed by atoms with Crippen molar-refractivity contribution in [3.63, 3.8) is 0 Å². The monoisotopic (exact) mass is 590 g/mol. The van der Waals surface area contributed by atoms with E-state index >= 15 is 0 Å².